The van der Waals surface area contributed by atoms with Gasteiger partial charge >= 0.3 is 6.07 Å². The molecule has 0 spiro atoms. The van der Waals surface area contributed by atoms with Crippen LogP contribution in [0.15, 0.2) is 6.07 Å². The summed E-state index contributed by atoms with van der Waals surface area (Å²) in [7, 11) is 0. The minimum absolute atomic E-state index is 0.437. The van der Waals surface area contributed by atoms with Gasteiger partial charge in [0.05, 0.1) is 0 Å². The Labute approximate surface area is 88.1 Å². The lowest BCUT2D eigenvalue weighted by atomic mass is 9.94. The van der Waals surface area contributed by atoms with E-state index in [9.17, 15) is 10.0 Å². The molecule has 0 atom stereocenters. The number of aryl methyl sites for hydroxylation is 2. The van der Waals surface area contributed by atoms with Crippen molar-refractivity contribution in [2.24, 2.45) is 5.73 Å². The molecule has 1 rings (SSSR count). The maximum atomic E-state index is 11.2. The van der Waals surface area contributed by atoms with Crippen LogP contribution < -0.4 is 5.73 Å². The van der Waals surface area contributed by atoms with Gasteiger partial charge in [0.1, 0.15) is 5.56 Å². The van der Waals surface area contributed by atoms with Gasteiger partial charge in [-0.3, -0.25) is 4.79 Å². The van der Waals surface area contributed by atoms with E-state index in [0.29, 0.717) is 16.7 Å². The monoisotopic (exact) mass is 204 g/mol. The molecule has 0 bridgehead atoms. The summed E-state index contributed by atoms with van der Waals surface area (Å²) < 4.78 is 0. The molecule has 0 saturated heterocycles. The van der Waals surface area contributed by atoms with Crippen molar-refractivity contribution in [1.29, 1.82) is 0 Å². The van der Waals surface area contributed by atoms with E-state index < -0.39 is 5.91 Å². The second-order valence-electron chi connectivity index (χ2n) is 3.45. The highest BCUT2D eigenvalue weighted by molar-refractivity contribution is 5.96. The molecular formula is C11H12N2O2. The van der Waals surface area contributed by atoms with Crippen molar-refractivity contribution in [3.05, 3.63) is 44.1 Å². The Hall–Kier alpha value is -2.02. The lowest BCUT2D eigenvalue weighted by Gasteiger charge is -2.08. The average Bonchev–Trinajstić information content (AvgIpc) is 2.11. The predicted molar refractivity (Wildman–Crippen MR) is 58.9 cm³/mol. The summed E-state index contributed by atoms with van der Waals surface area (Å²) in [4.78, 5) is 11.2. The van der Waals surface area contributed by atoms with Crippen LogP contribution in [0.4, 0.5) is 0 Å². The van der Waals surface area contributed by atoms with Crippen molar-refractivity contribution in [2.75, 3.05) is 0 Å². The summed E-state index contributed by atoms with van der Waals surface area (Å²) in [6.45, 7) is 5.37. The molecule has 0 unspecified atom stereocenters. The van der Waals surface area contributed by atoms with Crippen LogP contribution in [-0.4, -0.2) is 5.91 Å². The molecule has 1 aromatic rings. The zero-order valence-corrected chi connectivity index (χ0v) is 8.92. The first-order chi connectivity index (χ1) is 6.99. The van der Waals surface area contributed by atoms with Crippen LogP contribution in [0.5, 0.6) is 0 Å². The molecule has 1 amide bonds. The molecule has 15 heavy (non-hydrogen) atoms. The normalized spacial score (nSPS) is 9.27. The van der Waals surface area contributed by atoms with Crippen molar-refractivity contribution in [3.8, 4) is 6.07 Å². The molecule has 0 aromatic heterocycles. The van der Waals surface area contributed by atoms with Gasteiger partial charge in [0.2, 0.25) is 5.91 Å². The smallest absolute Gasteiger partial charge is 0.337 e. The van der Waals surface area contributed by atoms with Gasteiger partial charge in [0.25, 0.3) is 0 Å². The number of hydrogen-bond donors (Lipinski definition) is 1. The second-order valence-corrected chi connectivity index (χ2v) is 3.45. The van der Waals surface area contributed by atoms with E-state index in [0.717, 1.165) is 11.1 Å². The summed E-state index contributed by atoms with van der Waals surface area (Å²) in [5.74, 6) is -0.501. The Morgan fingerprint density at radius 2 is 2.00 bits per heavy atom. The SMILES string of the molecule is Cc1cc(C)c(C(N)=O)c(C)c1C#[N+][O-]. The molecule has 4 heteroatoms. The molecule has 0 heterocycles. The molecule has 0 radical (unpaired) electrons. The molecule has 0 saturated carbocycles. The minimum atomic E-state index is -0.501. The van der Waals surface area contributed by atoms with Gasteiger partial charge in [0, 0.05) is 10.6 Å². The van der Waals surface area contributed by atoms with Gasteiger partial charge in [-0.15, -0.1) is 0 Å². The van der Waals surface area contributed by atoms with Crippen molar-refractivity contribution < 1.29 is 4.79 Å². The van der Waals surface area contributed by atoms with Crippen LogP contribution in [0.1, 0.15) is 32.6 Å². The van der Waals surface area contributed by atoms with Crippen LogP contribution in [-0.2, 0) is 0 Å². The van der Waals surface area contributed by atoms with Gasteiger partial charge in [-0.1, -0.05) is 6.07 Å². The number of nitrogens with zero attached hydrogens (tertiary/aromatic N) is 1. The third-order valence-corrected chi connectivity index (χ3v) is 2.38. The quantitative estimate of drug-likeness (QED) is 0.709. The highest BCUT2D eigenvalue weighted by Crippen LogP contribution is 2.21. The fourth-order valence-corrected chi connectivity index (χ4v) is 1.78. The standard InChI is InChI=1S/C11H12N2O2/c1-6-4-7(2)10(11(12)14)8(3)9(6)5-13-15/h4H,1-3H3,(H2,12,14). The van der Waals surface area contributed by atoms with Gasteiger partial charge in [-0.05, 0) is 37.5 Å². The average molecular weight is 204 g/mol. The molecule has 1 aromatic carbocycles. The fourth-order valence-electron chi connectivity index (χ4n) is 1.78. The summed E-state index contributed by atoms with van der Waals surface area (Å²) in [6, 6.07) is 4.12. The zero-order chi connectivity index (χ0) is 11.6. The lowest BCUT2D eigenvalue weighted by Crippen LogP contribution is -2.15. The van der Waals surface area contributed by atoms with E-state index >= 15 is 0 Å². The van der Waals surface area contributed by atoms with Gasteiger partial charge in [-0.25, -0.2) is 0 Å². The van der Waals surface area contributed by atoms with E-state index in [1.54, 1.807) is 19.9 Å². The van der Waals surface area contributed by atoms with Crippen molar-refractivity contribution in [2.45, 2.75) is 20.8 Å². The molecule has 0 aliphatic rings. The van der Waals surface area contributed by atoms with E-state index in [2.05, 4.69) is 11.1 Å². The Kier molecular flexibility index (Phi) is 2.96. The Bertz CT molecular complexity index is 482. The van der Waals surface area contributed by atoms with E-state index in [1.165, 1.54) is 0 Å². The van der Waals surface area contributed by atoms with Crippen LogP contribution >= 0.6 is 0 Å². The molecule has 4 nitrogen and oxygen atoms in total. The lowest BCUT2D eigenvalue weighted by molar-refractivity contribution is 0.0999. The number of rotatable bonds is 1. The maximum absolute atomic E-state index is 11.2. The van der Waals surface area contributed by atoms with E-state index in [4.69, 9.17) is 5.73 Å². The topological polar surface area (TPSA) is 70.5 Å². The summed E-state index contributed by atoms with van der Waals surface area (Å²) in [6.07, 6.45) is 0. The molecule has 0 aliphatic carbocycles. The predicted octanol–water partition coefficient (Wildman–Crippen LogP) is 1.89. The number of amides is 1. The summed E-state index contributed by atoms with van der Waals surface area (Å²) in [5.41, 5.74) is 8.55. The van der Waals surface area contributed by atoms with Crippen LogP contribution in [0.25, 0.3) is 5.01 Å². The minimum Gasteiger partial charge on any atom is -0.498 e. The Morgan fingerprint density at radius 1 is 1.40 bits per heavy atom. The van der Waals surface area contributed by atoms with Gasteiger partial charge < -0.3 is 10.9 Å². The zero-order valence-electron chi connectivity index (χ0n) is 8.92. The highest BCUT2D eigenvalue weighted by Gasteiger charge is 2.16. The van der Waals surface area contributed by atoms with Crippen LogP contribution in [0, 0.1) is 32.0 Å². The third kappa shape index (κ3) is 1.91. The number of carbonyl (C=O) groups is 1. The number of benzene rings is 1. The number of primary amides is 1. The van der Waals surface area contributed by atoms with Crippen LogP contribution in [0.2, 0.25) is 0 Å². The number of nitrogens with two attached hydrogens (primary N) is 1. The first-order valence-electron chi connectivity index (χ1n) is 4.48. The highest BCUT2D eigenvalue weighted by atomic mass is 16.4. The second kappa shape index (κ2) is 4.01. The first-order valence-corrected chi connectivity index (χ1v) is 4.48. The van der Waals surface area contributed by atoms with Crippen LogP contribution in [0.3, 0.4) is 0 Å². The molecule has 0 fully saturated rings. The Morgan fingerprint density at radius 3 is 2.47 bits per heavy atom. The van der Waals surface area contributed by atoms with Crippen molar-refractivity contribution in [3.63, 3.8) is 0 Å². The maximum Gasteiger partial charge on any atom is 0.337 e. The number of hydrogen-bond acceptors (Lipinski definition) is 2. The molecular weight excluding hydrogens is 192 g/mol. The molecule has 0 aliphatic heterocycles. The van der Waals surface area contributed by atoms with Gasteiger partial charge in [-0.2, -0.15) is 0 Å². The van der Waals surface area contributed by atoms with Crippen molar-refractivity contribution in [1.82, 2.24) is 0 Å². The summed E-state index contributed by atoms with van der Waals surface area (Å²) >= 11 is 0. The third-order valence-electron chi connectivity index (χ3n) is 2.38. The molecule has 2 N–H and O–H groups in total. The molecule has 78 valence electrons. The van der Waals surface area contributed by atoms with Gasteiger partial charge in [0.15, 0.2) is 0 Å². The van der Waals surface area contributed by atoms with E-state index in [1.807, 2.05) is 6.92 Å². The first kappa shape index (κ1) is 11.1. The number of carbonyl (C=O) groups excluding carboxylic acids is 1. The summed E-state index contributed by atoms with van der Waals surface area (Å²) in [5, 5.41) is 12.8. The fraction of sp³-hybridized carbons (Fsp3) is 0.273. The van der Waals surface area contributed by atoms with E-state index in [-0.39, 0.29) is 0 Å². The largest absolute Gasteiger partial charge is 0.498 e. The van der Waals surface area contributed by atoms with Crippen molar-refractivity contribution >= 4 is 5.91 Å². The Balaban J connectivity index is 3.61.